The number of nitrogens with two attached hydrogens (primary N) is 1. The predicted molar refractivity (Wildman–Crippen MR) is 86.4 cm³/mol. The molecular weight excluding hydrogens is 260 g/mol. The summed E-state index contributed by atoms with van der Waals surface area (Å²) in [5, 5.41) is 8.77. The number of nitrogen functional groups attached to an aromatic ring is 1. The summed E-state index contributed by atoms with van der Waals surface area (Å²) in [6.45, 7) is 4.38. The molecule has 1 fully saturated rings. The molecular formula is C17H26N4. The highest BCUT2D eigenvalue weighted by molar-refractivity contribution is 5.64. The van der Waals surface area contributed by atoms with Crippen molar-refractivity contribution in [3.8, 4) is 0 Å². The second-order valence-electron chi connectivity index (χ2n) is 6.51. The molecule has 21 heavy (non-hydrogen) atoms. The molecule has 0 aromatic carbocycles. The van der Waals surface area contributed by atoms with Gasteiger partial charge in [0.25, 0.3) is 0 Å². The maximum atomic E-state index is 6.02. The summed E-state index contributed by atoms with van der Waals surface area (Å²) in [5.74, 6) is 2.58. The molecule has 4 nitrogen and oxygen atoms in total. The molecule has 0 aliphatic heterocycles. The molecule has 2 aromatic rings. The number of fused-ring (bicyclic) bond motifs is 1. The van der Waals surface area contributed by atoms with Crippen LogP contribution in [0.15, 0.2) is 12.1 Å². The molecule has 2 heterocycles. The van der Waals surface area contributed by atoms with Crippen LogP contribution in [0.3, 0.4) is 0 Å². The lowest BCUT2D eigenvalue weighted by Crippen LogP contribution is -2.16. The van der Waals surface area contributed by atoms with Gasteiger partial charge < -0.3 is 5.73 Å². The zero-order valence-electron chi connectivity index (χ0n) is 13.2. The molecule has 0 unspecified atom stereocenters. The first-order valence-electron chi connectivity index (χ1n) is 8.30. The fourth-order valence-corrected chi connectivity index (χ4v) is 3.66. The molecule has 3 rings (SSSR count). The van der Waals surface area contributed by atoms with Crippen LogP contribution in [0.5, 0.6) is 0 Å². The summed E-state index contributed by atoms with van der Waals surface area (Å²) in [6.07, 6.45) is 9.23. The topological polar surface area (TPSA) is 56.2 Å². The molecule has 1 saturated carbocycles. The summed E-state index contributed by atoms with van der Waals surface area (Å²) < 4.78 is 2.16. The van der Waals surface area contributed by atoms with Crippen LogP contribution in [0.4, 0.5) is 5.69 Å². The Morgan fingerprint density at radius 1 is 1.19 bits per heavy atom. The summed E-state index contributed by atoms with van der Waals surface area (Å²) in [7, 11) is 0. The van der Waals surface area contributed by atoms with Crippen LogP contribution in [-0.4, -0.2) is 14.6 Å². The van der Waals surface area contributed by atoms with Crippen LogP contribution < -0.4 is 5.73 Å². The third kappa shape index (κ3) is 2.76. The normalized spacial score (nSPS) is 22.8. The van der Waals surface area contributed by atoms with Crippen molar-refractivity contribution in [3.05, 3.63) is 23.7 Å². The highest BCUT2D eigenvalue weighted by Gasteiger charge is 2.26. The van der Waals surface area contributed by atoms with Crippen LogP contribution in [0.2, 0.25) is 0 Å². The van der Waals surface area contributed by atoms with Gasteiger partial charge in [-0.2, -0.15) is 0 Å². The van der Waals surface area contributed by atoms with E-state index in [1.54, 1.807) is 0 Å². The van der Waals surface area contributed by atoms with Gasteiger partial charge in [0, 0.05) is 11.6 Å². The Morgan fingerprint density at radius 2 is 1.95 bits per heavy atom. The van der Waals surface area contributed by atoms with Gasteiger partial charge >= 0.3 is 0 Å². The van der Waals surface area contributed by atoms with Crippen LogP contribution in [0.25, 0.3) is 5.65 Å². The van der Waals surface area contributed by atoms with Crippen LogP contribution in [0, 0.1) is 12.8 Å². The van der Waals surface area contributed by atoms with Gasteiger partial charge in [0.1, 0.15) is 5.82 Å². The average molecular weight is 286 g/mol. The predicted octanol–water partition coefficient (Wildman–Crippen LogP) is 4.08. The number of unbranched alkanes of at least 4 members (excludes halogenated alkanes) is 1. The molecule has 0 amide bonds. The van der Waals surface area contributed by atoms with E-state index < -0.39 is 0 Å². The number of aryl methyl sites for hydroxylation is 1. The second-order valence-corrected chi connectivity index (χ2v) is 6.51. The zero-order chi connectivity index (χ0) is 14.8. The van der Waals surface area contributed by atoms with E-state index in [2.05, 4.69) is 34.5 Å². The SMILES string of the molecule is CCCCC1CCC(c2nnc3c(N)ccc(C)n23)CC1. The number of aromatic nitrogens is 3. The summed E-state index contributed by atoms with van der Waals surface area (Å²) in [6, 6.07) is 3.98. The van der Waals surface area contributed by atoms with E-state index >= 15 is 0 Å². The Balaban J connectivity index is 1.78. The highest BCUT2D eigenvalue weighted by atomic mass is 15.3. The van der Waals surface area contributed by atoms with Gasteiger partial charge in [-0.1, -0.05) is 26.2 Å². The second kappa shape index (κ2) is 6.04. The standard InChI is InChI=1S/C17H26N4/c1-3-4-5-13-7-9-14(10-8-13)16-19-20-17-15(18)11-6-12(2)21(16)17/h6,11,13-14H,3-5,7-10,18H2,1-2H3. The fraction of sp³-hybridized carbons (Fsp3) is 0.647. The lowest BCUT2D eigenvalue weighted by atomic mass is 9.79. The minimum atomic E-state index is 0.540. The van der Waals surface area contributed by atoms with Gasteiger partial charge in [-0.25, -0.2) is 0 Å². The molecule has 0 spiro atoms. The number of pyridine rings is 1. The molecule has 0 bridgehead atoms. The van der Waals surface area contributed by atoms with Gasteiger partial charge in [0.15, 0.2) is 5.65 Å². The number of rotatable bonds is 4. The van der Waals surface area contributed by atoms with Crippen LogP contribution in [0.1, 0.15) is 69.3 Å². The first-order valence-corrected chi connectivity index (χ1v) is 8.30. The summed E-state index contributed by atoms with van der Waals surface area (Å²) >= 11 is 0. The van der Waals surface area contributed by atoms with E-state index in [0.717, 1.165) is 23.1 Å². The van der Waals surface area contributed by atoms with Crippen molar-refractivity contribution in [1.82, 2.24) is 14.6 Å². The number of nitrogens with zero attached hydrogens (tertiary/aromatic N) is 3. The van der Waals surface area contributed by atoms with Gasteiger partial charge in [-0.3, -0.25) is 4.40 Å². The summed E-state index contributed by atoms with van der Waals surface area (Å²) in [4.78, 5) is 0. The van der Waals surface area contributed by atoms with Crippen molar-refractivity contribution < 1.29 is 0 Å². The molecule has 114 valence electrons. The molecule has 0 saturated heterocycles. The maximum Gasteiger partial charge on any atom is 0.184 e. The Hall–Kier alpha value is -1.58. The Labute approximate surface area is 126 Å². The van der Waals surface area contributed by atoms with Crippen LogP contribution in [-0.2, 0) is 0 Å². The molecule has 1 aliphatic rings. The maximum absolute atomic E-state index is 6.02. The minimum Gasteiger partial charge on any atom is -0.396 e. The van der Waals surface area contributed by atoms with E-state index in [9.17, 15) is 0 Å². The summed E-state index contributed by atoms with van der Waals surface area (Å²) in [5.41, 5.74) is 8.73. The van der Waals surface area contributed by atoms with E-state index in [4.69, 9.17) is 5.73 Å². The van der Waals surface area contributed by atoms with E-state index in [1.165, 1.54) is 50.6 Å². The van der Waals surface area contributed by atoms with Gasteiger partial charge in [0.2, 0.25) is 0 Å². The fourth-order valence-electron chi connectivity index (χ4n) is 3.66. The molecule has 4 heteroatoms. The van der Waals surface area contributed by atoms with Crippen molar-refractivity contribution in [3.63, 3.8) is 0 Å². The molecule has 0 atom stereocenters. The third-order valence-electron chi connectivity index (χ3n) is 4.98. The van der Waals surface area contributed by atoms with Crippen molar-refractivity contribution in [1.29, 1.82) is 0 Å². The Morgan fingerprint density at radius 3 is 2.67 bits per heavy atom. The molecule has 2 N–H and O–H groups in total. The monoisotopic (exact) mass is 286 g/mol. The first-order chi connectivity index (χ1) is 10.2. The van der Waals surface area contributed by atoms with E-state index in [1.807, 2.05) is 6.07 Å². The largest absolute Gasteiger partial charge is 0.396 e. The zero-order valence-corrected chi connectivity index (χ0v) is 13.2. The smallest absolute Gasteiger partial charge is 0.184 e. The van der Waals surface area contributed by atoms with E-state index in [0.29, 0.717) is 5.92 Å². The molecule has 1 aliphatic carbocycles. The minimum absolute atomic E-state index is 0.540. The van der Waals surface area contributed by atoms with Gasteiger partial charge in [0.05, 0.1) is 5.69 Å². The van der Waals surface area contributed by atoms with E-state index in [-0.39, 0.29) is 0 Å². The van der Waals surface area contributed by atoms with Crippen LogP contribution >= 0.6 is 0 Å². The van der Waals surface area contributed by atoms with Gasteiger partial charge in [-0.05, 0) is 50.7 Å². The van der Waals surface area contributed by atoms with Crippen molar-refractivity contribution in [2.45, 2.75) is 64.7 Å². The lowest BCUT2D eigenvalue weighted by Gasteiger charge is -2.27. The Bertz CT molecular complexity index is 609. The molecule has 2 aromatic heterocycles. The van der Waals surface area contributed by atoms with Gasteiger partial charge in [-0.15, -0.1) is 10.2 Å². The Kier molecular flexibility index (Phi) is 4.13. The number of hydrogen-bond acceptors (Lipinski definition) is 3. The molecule has 0 radical (unpaired) electrons. The van der Waals surface area contributed by atoms with Crippen molar-refractivity contribution in [2.75, 3.05) is 5.73 Å². The number of hydrogen-bond donors (Lipinski definition) is 1. The quantitative estimate of drug-likeness (QED) is 0.921. The average Bonchev–Trinajstić information content (AvgIpc) is 2.96. The number of anilines is 1. The van der Waals surface area contributed by atoms with Crippen molar-refractivity contribution in [2.24, 2.45) is 5.92 Å². The first kappa shape index (κ1) is 14.4. The lowest BCUT2D eigenvalue weighted by molar-refractivity contribution is 0.297. The highest BCUT2D eigenvalue weighted by Crippen LogP contribution is 2.37. The third-order valence-corrected chi connectivity index (χ3v) is 4.98. The van der Waals surface area contributed by atoms with Crippen molar-refractivity contribution >= 4 is 11.3 Å².